The lowest BCUT2D eigenvalue weighted by Crippen LogP contribution is -2.48. The van der Waals surface area contributed by atoms with Crippen molar-refractivity contribution < 1.29 is 24.5 Å². The van der Waals surface area contributed by atoms with Crippen molar-refractivity contribution >= 4 is 11.9 Å². The maximum atomic E-state index is 12.2. The minimum absolute atomic E-state index is 0.0418. The molecular weight excluding hydrogens is 320 g/mol. The standard InChI is InChI=1S/C20H34O5/c1-4-6-8-14(9-7-5-2)13(3)11-20(19(23)24)12-17-16(25-17)10-15(20)18(21)22/h13-17H,4-12H2,1-3H3,(H,21,22)(H,23,24). The fourth-order valence-electron chi connectivity index (χ4n) is 4.80. The van der Waals surface area contributed by atoms with E-state index in [2.05, 4.69) is 20.8 Å². The highest BCUT2D eigenvalue weighted by Crippen LogP contribution is 2.54. The molecule has 2 rings (SSSR count). The Morgan fingerprint density at radius 2 is 1.72 bits per heavy atom. The maximum absolute atomic E-state index is 12.2. The van der Waals surface area contributed by atoms with Gasteiger partial charge in [-0.05, 0) is 31.1 Å². The molecule has 1 saturated carbocycles. The lowest BCUT2D eigenvalue weighted by atomic mass is 9.61. The van der Waals surface area contributed by atoms with Crippen molar-refractivity contribution in [2.45, 2.75) is 90.8 Å². The van der Waals surface area contributed by atoms with Crippen molar-refractivity contribution in [3.8, 4) is 0 Å². The first-order valence-electron chi connectivity index (χ1n) is 9.97. The first-order valence-corrected chi connectivity index (χ1v) is 9.97. The summed E-state index contributed by atoms with van der Waals surface area (Å²) >= 11 is 0. The van der Waals surface area contributed by atoms with Gasteiger partial charge in [0.2, 0.25) is 0 Å². The summed E-state index contributed by atoms with van der Waals surface area (Å²) in [6.07, 6.45) is 7.82. The fourth-order valence-corrected chi connectivity index (χ4v) is 4.80. The van der Waals surface area contributed by atoms with E-state index in [9.17, 15) is 19.8 Å². The summed E-state index contributed by atoms with van der Waals surface area (Å²) in [6.45, 7) is 6.47. The summed E-state index contributed by atoms with van der Waals surface area (Å²) < 4.78 is 5.51. The van der Waals surface area contributed by atoms with Gasteiger partial charge in [0.15, 0.2) is 0 Å². The van der Waals surface area contributed by atoms with Crippen LogP contribution in [0.2, 0.25) is 0 Å². The first kappa shape index (κ1) is 20.2. The van der Waals surface area contributed by atoms with Gasteiger partial charge in [-0.1, -0.05) is 59.3 Å². The third-order valence-corrected chi connectivity index (χ3v) is 6.46. The summed E-state index contributed by atoms with van der Waals surface area (Å²) in [5.74, 6) is -2.09. The molecule has 1 heterocycles. The Morgan fingerprint density at radius 1 is 1.12 bits per heavy atom. The van der Waals surface area contributed by atoms with Gasteiger partial charge in [-0.15, -0.1) is 0 Å². The van der Waals surface area contributed by atoms with Crippen LogP contribution >= 0.6 is 0 Å². The van der Waals surface area contributed by atoms with Gasteiger partial charge in [-0.25, -0.2) is 0 Å². The Labute approximate surface area is 151 Å². The second kappa shape index (κ2) is 8.52. The number of aliphatic carboxylic acids is 2. The van der Waals surface area contributed by atoms with Crippen LogP contribution in [0.3, 0.4) is 0 Å². The maximum Gasteiger partial charge on any atom is 0.310 e. The number of unbranched alkanes of at least 4 members (excludes halogenated alkanes) is 2. The van der Waals surface area contributed by atoms with Gasteiger partial charge >= 0.3 is 11.9 Å². The van der Waals surface area contributed by atoms with E-state index in [1.165, 1.54) is 0 Å². The Morgan fingerprint density at radius 3 is 2.20 bits per heavy atom. The molecular formula is C20H34O5. The van der Waals surface area contributed by atoms with Crippen molar-refractivity contribution in [2.75, 3.05) is 0 Å². The third-order valence-electron chi connectivity index (χ3n) is 6.46. The van der Waals surface area contributed by atoms with E-state index in [-0.39, 0.29) is 18.1 Å². The van der Waals surface area contributed by atoms with Crippen LogP contribution in [0.5, 0.6) is 0 Å². The van der Waals surface area contributed by atoms with E-state index in [4.69, 9.17) is 4.74 Å². The lowest BCUT2D eigenvalue weighted by Gasteiger charge is -2.40. The second-order valence-electron chi connectivity index (χ2n) is 8.23. The van der Waals surface area contributed by atoms with Crippen molar-refractivity contribution in [1.29, 1.82) is 0 Å². The Bertz CT molecular complexity index is 469. The van der Waals surface area contributed by atoms with Gasteiger partial charge in [0, 0.05) is 0 Å². The average molecular weight is 354 g/mol. The highest BCUT2D eigenvalue weighted by atomic mass is 16.6. The van der Waals surface area contributed by atoms with Crippen LogP contribution in [0, 0.1) is 23.2 Å². The molecule has 1 saturated heterocycles. The van der Waals surface area contributed by atoms with Gasteiger partial charge in [0.05, 0.1) is 23.5 Å². The molecule has 2 N–H and O–H groups in total. The number of epoxide rings is 1. The number of rotatable bonds is 11. The average Bonchev–Trinajstić information content (AvgIpc) is 3.31. The van der Waals surface area contributed by atoms with Crippen LogP contribution in [0.4, 0.5) is 0 Å². The van der Waals surface area contributed by atoms with Crippen LogP contribution in [0.15, 0.2) is 0 Å². The van der Waals surface area contributed by atoms with Crippen molar-refractivity contribution in [3.63, 3.8) is 0 Å². The molecule has 5 heteroatoms. The second-order valence-corrected chi connectivity index (χ2v) is 8.23. The van der Waals surface area contributed by atoms with E-state index in [0.29, 0.717) is 25.2 Å². The van der Waals surface area contributed by atoms with Crippen LogP contribution in [0.25, 0.3) is 0 Å². The van der Waals surface area contributed by atoms with Gasteiger partial charge < -0.3 is 14.9 Å². The molecule has 2 aliphatic rings. The topological polar surface area (TPSA) is 87.1 Å². The molecule has 0 spiro atoms. The monoisotopic (exact) mass is 354 g/mol. The molecule has 0 radical (unpaired) electrons. The molecule has 5 unspecified atom stereocenters. The predicted molar refractivity (Wildman–Crippen MR) is 95.4 cm³/mol. The number of ether oxygens (including phenoxy) is 1. The minimum atomic E-state index is -1.18. The zero-order chi connectivity index (χ0) is 18.6. The number of hydrogen-bond donors (Lipinski definition) is 2. The minimum Gasteiger partial charge on any atom is -0.481 e. The Hall–Kier alpha value is -1.10. The number of fused-ring (bicyclic) bond motifs is 1. The normalized spacial score (nSPS) is 32.2. The smallest absolute Gasteiger partial charge is 0.310 e. The van der Waals surface area contributed by atoms with Gasteiger partial charge in [-0.3, -0.25) is 9.59 Å². The van der Waals surface area contributed by atoms with E-state index < -0.39 is 23.3 Å². The van der Waals surface area contributed by atoms with Crippen molar-refractivity contribution in [3.05, 3.63) is 0 Å². The highest BCUT2D eigenvalue weighted by molar-refractivity contribution is 5.84. The molecule has 2 fully saturated rings. The molecule has 1 aliphatic carbocycles. The molecule has 0 amide bonds. The molecule has 144 valence electrons. The first-order chi connectivity index (χ1) is 11.9. The molecule has 5 atom stereocenters. The SMILES string of the molecule is CCCCC(CCCC)C(C)CC1(C(=O)O)CC2OC2CC1C(=O)O. The van der Waals surface area contributed by atoms with Crippen molar-refractivity contribution in [1.82, 2.24) is 0 Å². The van der Waals surface area contributed by atoms with Crippen LogP contribution in [-0.4, -0.2) is 34.4 Å². The number of carboxylic acid groups (broad SMARTS) is 2. The zero-order valence-electron chi connectivity index (χ0n) is 15.9. The molecule has 1 aliphatic heterocycles. The van der Waals surface area contributed by atoms with Gasteiger partial charge in [0.25, 0.3) is 0 Å². The summed E-state index contributed by atoms with van der Waals surface area (Å²) in [4.78, 5) is 24.0. The number of carboxylic acids is 2. The van der Waals surface area contributed by atoms with E-state index in [1.54, 1.807) is 0 Å². The molecule has 0 aromatic carbocycles. The predicted octanol–water partition coefficient (Wildman–Crippen LogP) is 4.34. The highest BCUT2D eigenvalue weighted by Gasteiger charge is 2.61. The summed E-state index contributed by atoms with van der Waals surface area (Å²) in [6, 6.07) is 0. The summed E-state index contributed by atoms with van der Waals surface area (Å²) in [5, 5.41) is 19.7. The van der Waals surface area contributed by atoms with Crippen LogP contribution < -0.4 is 0 Å². The van der Waals surface area contributed by atoms with E-state index in [0.717, 1.165) is 38.5 Å². The molecule has 0 aromatic rings. The van der Waals surface area contributed by atoms with E-state index >= 15 is 0 Å². The Kier molecular flexibility index (Phi) is 6.89. The number of hydrogen-bond acceptors (Lipinski definition) is 3. The van der Waals surface area contributed by atoms with Crippen molar-refractivity contribution in [2.24, 2.45) is 23.2 Å². The third kappa shape index (κ3) is 4.55. The van der Waals surface area contributed by atoms with Gasteiger partial charge in [0.1, 0.15) is 0 Å². The molecule has 5 nitrogen and oxygen atoms in total. The largest absolute Gasteiger partial charge is 0.481 e. The quantitative estimate of drug-likeness (QED) is 0.539. The summed E-state index contributed by atoms with van der Waals surface area (Å²) in [5.41, 5.74) is -1.18. The summed E-state index contributed by atoms with van der Waals surface area (Å²) in [7, 11) is 0. The molecule has 25 heavy (non-hydrogen) atoms. The zero-order valence-corrected chi connectivity index (χ0v) is 15.9. The number of carbonyl (C=O) groups is 2. The molecule has 0 bridgehead atoms. The van der Waals surface area contributed by atoms with Crippen LogP contribution in [0.1, 0.15) is 78.6 Å². The lowest BCUT2D eigenvalue weighted by molar-refractivity contribution is -0.167. The van der Waals surface area contributed by atoms with Crippen LogP contribution in [-0.2, 0) is 14.3 Å². The fraction of sp³-hybridized carbons (Fsp3) is 0.900. The van der Waals surface area contributed by atoms with E-state index in [1.807, 2.05) is 0 Å². The molecule has 0 aromatic heterocycles. The Balaban J connectivity index is 2.17. The van der Waals surface area contributed by atoms with Gasteiger partial charge in [-0.2, -0.15) is 0 Å².